The predicted molar refractivity (Wildman–Crippen MR) is 99.5 cm³/mol. The van der Waals surface area contributed by atoms with Crippen LogP contribution in [0, 0.1) is 12.7 Å². The first-order chi connectivity index (χ1) is 11.9. The summed E-state index contributed by atoms with van der Waals surface area (Å²) in [6.45, 7) is 7.84. The summed E-state index contributed by atoms with van der Waals surface area (Å²) in [5.41, 5.74) is 2.50. The summed E-state index contributed by atoms with van der Waals surface area (Å²) in [5, 5.41) is 6.70. The summed E-state index contributed by atoms with van der Waals surface area (Å²) in [5.74, 6) is 1.30. The van der Waals surface area contributed by atoms with Gasteiger partial charge < -0.3 is 4.42 Å². The minimum Gasteiger partial charge on any atom is -0.460 e. The molecule has 0 saturated heterocycles. The minimum atomic E-state index is -0.261. The van der Waals surface area contributed by atoms with E-state index in [0.717, 1.165) is 33.3 Å². The average Bonchev–Trinajstić information content (AvgIpc) is 3.15. The van der Waals surface area contributed by atoms with E-state index in [2.05, 4.69) is 4.99 Å². The predicted octanol–water partition coefficient (Wildman–Crippen LogP) is 4.84. The zero-order chi connectivity index (χ0) is 18.0. The van der Waals surface area contributed by atoms with Crippen LogP contribution in [0.15, 0.2) is 56.3 Å². The van der Waals surface area contributed by atoms with Gasteiger partial charge in [-0.2, -0.15) is 5.10 Å². The van der Waals surface area contributed by atoms with Gasteiger partial charge in [0.1, 0.15) is 23.0 Å². The fourth-order valence-electron chi connectivity index (χ4n) is 2.35. The van der Waals surface area contributed by atoms with Crippen molar-refractivity contribution in [2.45, 2.75) is 33.7 Å². The third kappa shape index (κ3) is 3.96. The molecule has 0 N–H and O–H groups in total. The maximum Gasteiger partial charge on any atom is 0.206 e. The smallest absolute Gasteiger partial charge is 0.206 e. The first-order valence-electron chi connectivity index (χ1n) is 8.07. The Labute approximate surface area is 150 Å². The molecule has 0 saturated carbocycles. The largest absolute Gasteiger partial charge is 0.460 e. The number of furan rings is 1. The van der Waals surface area contributed by atoms with E-state index in [1.165, 1.54) is 23.5 Å². The zero-order valence-electron chi connectivity index (χ0n) is 14.7. The highest BCUT2D eigenvalue weighted by Gasteiger charge is 2.10. The molecule has 0 atom stereocenters. The van der Waals surface area contributed by atoms with Crippen LogP contribution >= 0.6 is 11.3 Å². The van der Waals surface area contributed by atoms with Gasteiger partial charge in [-0.05, 0) is 64.1 Å². The van der Waals surface area contributed by atoms with E-state index in [-0.39, 0.29) is 11.9 Å². The van der Waals surface area contributed by atoms with Gasteiger partial charge in [0.2, 0.25) is 4.80 Å². The van der Waals surface area contributed by atoms with E-state index >= 15 is 0 Å². The molecule has 2 aromatic heterocycles. The summed E-state index contributed by atoms with van der Waals surface area (Å²) >= 11 is 1.51. The first-order valence-corrected chi connectivity index (χ1v) is 8.94. The van der Waals surface area contributed by atoms with Crippen LogP contribution in [-0.2, 0) is 0 Å². The van der Waals surface area contributed by atoms with Crippen molar-refractivity contribution in [1.29, 1.82) is 0 Å². The Balaban J connectivity index is 2.15. The Bertz CT molecular complexity index is 961. The van der Waals surface area contributed by atoms with Crippen molar-refractivity contribution < 1.29 is 8.81 Å². The van der Waals surface area contributed by atoms with E-state index in [1.807, 2.05) is 45.2 Å². The van der Waals surface area contributed by atoms with Crippen LogP contribution in [0.3, 0.4) is 0 Å². The molecule has 0 aliphatic heterocycles. The van der Waals surface area contributed by atoms with Gasteiger partial charge in [-0.25, -0.2) is 9.07 Å². The van der Waals surface area contributed by atoms with Gasteiger partial charge in [-0.1, -0.05) is 0 Å². The molecule has 4 nitrogen and oxygen atoms in total. The second kappa shape index (κ2) is 7.19. The molecule has 3 aromatic rings. The highest BCUT2D eigenvalue weighted by atomic mass is 32.1. The quantitative estimate of drug-likeness (QED) is 0.616. The highest BCUT2D eigenvalue weighted by molar-refractivity contribution is 7.07. The molecule has 25 heavy (non-hydrogen) atoms. The fraction of sp³-hybridized carbons (Fsp3) is 0.263. The van der Waals surface area contributed by atoms with Gasteiger partial charge in [-0.3, -0.25) is 4.99 Å². The van der Waals surface area contributed by atoms with Crippen molar-refractivity contribution in [2.75, 3.05) is 0 Å². The topological polar surface area (TPSA) is 42.8 Å². The Morgan fingerprint density at radius 2 is 1.88 bits per heavy atom. The zero-order valence-corrected chi connectivity index (χ0v) is 15.5. The molecule has 0 fully saturated rings. The van der Waals surface area contributed by atoms with Crippen LogP contribution < -0.4 is 4.80 Å². The molecule has 0 unspecified atom stereocenters. The number of benzene rings is 1. The molecular formula is C19H20FN3OS. The highest BCUT2D eigenvalue weighted by Crippen LogP contribution is 2.21. The number of hydrogen-bond donors (Lipinski definition) is 0. The van der Waals surface area contributed by atoms with Gasteiger partial charge in [0, 0.05) is 17.0 Å². The molecule has 0 amide bonds. The van der Waals surface area contributed by atoms with Crippen molar-refractivity contribution >= 4 is 17.0 Å². The lowest BCUT2D eigenvalue weighted by molar-refractivity contribution is 0.524. The second-order valence-electron chi connectivity index (χ2n) is 6.04. The fourth-order valence-corrected chi connectivity index (χ4v) is 3.32. The van der Waals surface area contributed by atoms with Crippen LogP contribution in [0.1, 0.15) is 32.3 Å². The van der Waals surface area contributed by atoms with Crippen LogP contribution in [0.5, 0.6) is 0 Å². The molecule has 0 aliphatic carbocycles. The lowest BCUT2D eigenvalue weighted by atomic mass is 10.2. The van der Waals surface area contributed by atoms with Crippen molar-refractivity contribution in [1.82, 2.24) is 4.68 Å². The van der Waals surface area contributed by atoms with Gasteiger partial charge in [0.25, 0.3) is 0 Å². The van der Waals surface area contributed by atoms with Crippen molar-refractivity contribution in [3.05, 3.63) is 63.9 Å². The monoisotopic (exact) mass is 357 g/mol. The third-order valence-corrected chi connectivity index (χ3v) is 4.37. The van der Waals surface area contributed by atoms with Crippen LogP contribution in [0.2, 0.25) is 0 Å². The summed E-state index contributed by atoms with van der Waals surface area (Å²) in [7, 11) is 0. The van der Waals surface area contributed by atoms with Gasteiger partial charge >= 0.3 is 0 Å². The molecule has 0 bridgehead atoms. The third-order valence-electron chi connectivity index (χ3n) is 3.54. The van der Waals surface area contributed by atoms with Gasteiger partial charge in [-0.15, -0.1) is 11.3 Å². The van der Waals surface area contributed by atoms with E-state index in [1.54, 1.807) is 16.8 Å². The number of halogens is 1. The molecule has 1 aromatic carbocycles. The number of hydrogen-bond acceptors (Lipinski definition) is 4. The maximum absolute atomic E-state index is 13.3. The molecule has 6 heteroatoms. The normalized spacial score (nSPS) is 13.0. The number of thiazole rings is 1. The molecule has 130 valence electrons. The van der Waals surface area contributed by atoms with Crippen LogP contribution in [-0.4, -0.2) is 16.4 Å². The second-order valence-corrected chi connectivity index (χ2v) is 6.88. The number of aromatic nitrogens is 1. The molecule has 0 spiro atoms. The number of aryl methyl sites for hydroxylation is 1. The standard InChI is InChI=1S/C19H20FN3OS/c1-12(2)21-19-23(22-14(4)18-10-5-13(3)24-18)17(11-25-19)15-6-8-16(20)9-7-15/h5-12H,1-4H3. The molecule has 0 radical (unpaired) electrons. The Kier molecular flexibility index (Phi) is 4.99. The average molecular weight is 357 g/mol. The minimum absolute atomic E-state index is 0.146. The van der Waals surface area contributed by atoms with Crippen molar-refractivity contribution in [3.8, 4) is 11.3 Å². The summed E-state index contributed by atoms with van der Waals surface area (Å²) < 4.78 is 20.7. The number of rotatable bonds is 4. The van der Waals surface area contributed by atoms with Crippen molar-refractivity contribution in [3.63, 3.8) is 0 Å². The Morgan fingerprint density at radius 3 is 2.48 bits per heavy atom. The summed E-state index contributed by atoms with van der Waals surface area (Å²) in [6.07, 6.45) is 0. The van der Waals surface area contributed by atoms with Crippen molar-refractivity contribution in [2.24, 2.45) is 10.1 Å². The molecule has 0 aliphatic rings. The summed E-state index contributed by atoms with van der Waals surface area (Å²) in [6, 6.07) is 10.3. The molecule has 3 rings (SSSR count). The molecular weight excluding hydrogens is 337 g/mol. The molecule has 2 heterocycles. The van der Waals surface area contributed by atoms with Crippen LogP contribution in [0.25, 0.3) is 11.3 Å². The van der Waals surface area contributed by atoms with Gasteiger partial charge in [0.05, 0.1) is 5.69 Å². The first kappa shape index (κ1) is 17.4. The lowest BCUT2D eigenvalue weighted by Crippen LogP contribution is -2.16. The van der Waals surface area contributed by atoms with Gasteiger partial charge in [0.15, 0.2) is 0 Å². The summed E-state index contributed by atoms with van der Waals surface area (Å²) in [4.78, 5) is 5.43. The van der Waals surface area contributed by atoms with E-state index < -0.39 is 0 Å². The number of nitrogens with zero attached hydrogens (tertiary/aromatic N) is 3. The Morgan fingerprint density at radius 1 is 1.16 bits per heavy atom. The maximum atomic E-state index is 13.3. The lowest BCUT2D eigenvalue weighted by Gasteiger charge is -2.06. The Hall–Kier alpha value is -2.47. The van der Waals surface area contributed by atoms with E-state index in [4.69, 9.17) is 9.52 Å². The van der Waals surface area contributed by atoms with E-state index in [9.17, 15) is 4.39 Å². The van der Waals surface area contributed by atoms with E-state index in [0.29, 0.717) is 0 Å². The van der Waals surface area contributed by atoms with Crippen LogP contribution in [0.4, 0.5) is 4.39 Å². The SMILES string of the molecule is CC(=Nn1c(-c2ccc(F)cc2)csc1=NC(C)C)c1ccc(C)o1.